The lowest BCUT2D eigenvalue weighted by Crippen LogP contribution is -2.54. The Kier molecular flexibility index (Phi) is 32.5. The molecule has 5 aromatic rings. The fourth-order valence-electron chi connectivity index (χ4n) is 14.7. The number of nitrogens with two attached hydrogens (primary N) is 2. The number of cyclic esters (lactones) is 1. The lowest BCUT2D eigenvalue weighted by molar-refractivity contribution is -0.159. The number of nitrogens with one attached hydrogen (secondary N) is 6. The Labute approximate surface area is 688 Å². The third kappa shape index (κ3) is 26.9. The van der Waals surface area contributed by atoms with Crippen LogP contribution in [0.2, 0.25) is 12.6 Å². The number of methoxy groups -OCH3 is 1. The smallest absolute Gasteiger partial charge is 0.338 e. The molecule has 3 saturated heterocycles. The van der Waals surface area contributed by atoms with E-state index >= 15 is 0 Å². The standard InChI is InChI=1S/C81H106N12O22S2Si/c1-45(33-55-43-110-49(5)88-55)15-12-16-47(3)70(109-7)48(4)63-40-66(81(6)65(114-81)27-20-46(2)62-34-50(36-68(98)111-62)35-64-71(112-64)78(106)113-63)115-118(8,58-18-10-9-11-19-58)32-14-30-117(107,108)31-29-116-44-53(76(102)103)38-61(95)60(39-67(96)97)91-74(100)52(17-13-28-85-79(82)83)37-57(94)25-26-59(77(104)105)90-73(99)51-21-23-54(24-22-51)86-41-56-42-87-72-69(89-56)75(101)93-80(84)92-72/h9-12,15-16,18-24,27,33,42-43,46,48,50,52-53,59-60,62-66,70-71,86H,13-14,17,25-26,28-32,34-41,44H2,1-8H3,(H,90,99)(H,91,100)(H,96,97)(H,102,103)(H,104,105)(H4,82,83,85)(H3,84,87,92,93,101)/b15-12+,27-20+,45-33+,47-16+/t46-,48+,50+,52?,53?,59?,60?,62-,63+,64+,65-,66+,70+,71-,81+,118?/m1/s1. The molecule has 9 rings (SSSR count). The molecule has 0 aliphatic carbocycles. The summed E-state index contributed by atoms with van der Waals surface area (Å²) in [7, 11) is -5.58. The molecule has 2 amide bonds. The van der Waals surface area contributed by atoms with E-state index in [-0.39, 0.29) is 109 Å². The van der Waals surface area contributed by atoms with Crippen molar-refractivity contribution in [2.45, 2.75) is 198 Å². The number of rotatable bonds is 42. The number of thioether (sulfide) groups is 1. The number of amides is 2. The van der Waals surface area contributed by atoms with Gasteiger partial charge in [-0.2, -0.15) is 16.7 Å². The zero-order chi connectivity index (χ0) is 85.8. The number of carbonyl (C=O) groups is 9. The molecule has 2 aromatic carbocycles. The third-order valence-electron chi connectivity index (χ3n) is 21.5. The number of carboxylic acids is 3. The van der Waals surface area contributed by atoms with Crippen LogP contribution >= 0.6 is 11.8 Å². The van der Waals surface area contributed by atoms with Crippen LogP contribution in [-0.4, -0.2) is 213 Å². The van der Waals surface area contributed by atoms with Crippen molar-refractivity contribution in [2.24, 2.45) is 35.3 Å². The molecule has 2 bridgehead atoms. The summed E-state index contributed by atoms with van der Waals surface area (Å²) in [5.74, 6) is -13.3. The highest BCUT2D eigenvalue weighted by Gasteiger charge is 2.60. The largest absolute Gasteiger partial charge is 0.481 e. The number of ether oxygens (including phenoxy) is 5. The Morgan fingerprint density at radius 3 is 2.31 bits per heavy atom. The lowest BCUT2D eigenvalue weighted by Gasteiger charge is -2.38. The summed E-state index contributed by atoms with van der Waals surface area (Å²) in [5.41, 5.74) is 12.8. The SMILES string of the molecule is CO[C@@H](/C(C)=C/C=C/C(C)=C/c1coc(C)n1)[C@@H](C)[C@@H]1C[C@H](O[Si](C)(CCCS(=O)(=O)CCSCC(CC(=O)C(CC(=O)O)NC(=O)C(CCCNC(=N)N)CC(=O)CCC(NC(=O)c2ccc(NCc3cnc4nc(N)[nH]c(=O)c4n3)cc2)C(=O)O)C(=O)O)c2ccccc2)[C@@]2(C)O[C@@H]2/C=C/[C@@H](C)[C@H]2C[C@H](CC(=O)O2)C[C@@H]2O[C@H]2C(=O)O1. The minimum atomic E-state index is -3.87. The predicted octanol–water partition coefficient (Wildman–Crippen LogP) is 6.43. The van der Waals surface area contributed by atoms with Crippen LogP contribution in [0.1, 0.15) is 139 Å². The monoisotopic (exact) mass is 1690 g/mol. The number of aromatic nitrogens is 5. The van der Waals surface area contributed by atoms with Gasteiger partial charge in [0.15, 0.2) is 44.7 Å². The molecule has 0 saturated carbocycles. The minimum Gasteiger partial charge on any atom is -0.481 e. The Morgan fingerprint density at radius 1 is 0.890 bits per heavy atom. The number of aliphatic carboxylic acids is 3. The number of anilines is 2. The summed E-state index contributed by atoms with van der Waals surface area (Å²) < 4.78 is 72.5. The summed E-state index contributed by atoms with van der Waals surface area (Å²) in [6, 6.07) is 12.3. The predicted molar refractivity (Wildman–Crippen MR) is 439 cm³/mol. The number of carbonyl (C=O) groups excluding carboxylic acids is 6. The number of nitrogen functional groups attached to an aromatic ring is 1. The number of nitrogens with zero attached hydrogens (tertiary/aromatic N) is 4. The first-order valence-electron chi connectivity index (χ1n) is 39.2. The van der Waals surface area contributed by atoms with Crippen molar-refractivity contribution in [3.63, 3.8) is 0 Å². The highest BCUT2D eigenvalue weighted by Crippen LogP contribution is 2.47. The number of esters is 2. The number of aromatic amines is 1. The van der Waals surface area contributed by atoms with Gasteiger partial charge in [0.1, 0.15) is 47.7 Å². The molecule has 13 N–H and O–H groups in total. The van der Waals surface area contributed by atoms with Crippen molar-refractivity contribution in [3.8, 4) is 0 Å². The van der Waals surface area contributed by atoms with E-state index in [0.29, 0.717) is 35.8 Å². The van der Waals surface area contributed by atoms with Crippen molar-refractivity contribution in [1.82, 2.24) is 40.9 Å². The molecule has 0 radical (unpaired) electrons. The second-order valence-electron chi connectivity index (χ2n) is 30.9. The maximum atomic E-state index is 14.5. The molecule has 5 unspecified atom stereocenters. The zero-order valence-electron chi connectivity index (χ0n) is 67.2. The molecule has 4 aliphatic heterocycles. The number of Topliss-reactive ketones (excluding diaryl/α,β-unsaturated/α-hetero) is 2. The van der Waals surface area contributed by atoms with E-state index in [1.807, 2.05) is 108 Å². The molecule has 37 heteroatoms. The van der Waals surface area contributed by atoms with Gasteiger partial charge in [0, 0.05) is 93.2 Å². The number of oxazole rings is 1. The van der Waals surface area contributed by atoms with Crippen LogP contribution in [0.25, 0.3) is 17.2 Å². The molecule has 7 heterocycles. The summed E-state index contributed by atoms with van der Waals surface area (Å²) in [4.78, 5) is 152. The van der Waals surface area contributed by atoms with Crippen LogP contribution in [0.5, 0.6) is 0 Å². The molecular formula is C81H106N12O22S2Si. The fraction of sp³-hybridized carbons (Fsp3) is 0.519. The Bertz CT molecular complexity index is 4760. The van der Waals surface area contributed by atoms with Gasteiger partial charge in [-0.3, -0.25) is 48.7 Å². The molecule has 118 heavy (non-hydrogen) atoms. The second-order valence-corrected chi connectivity index (χ2v) is 38.2. The maximum Gasteiger partial charge on any atom is 0.338 e. The van der Waals surface area contributed by atoms with E-state index in [0.717, 1.165) is 28.1 Å². The minimum absolute atomic E-state index is 0.0222. The topological polar surface area (TPSA) is 532 Å². The number of hydrogen-bond acceptors (Lipinski definition) is 27. The van der Waals surface area contributed by atoms with Crippen molar-refractivity contribution in [2.75, 3.05) is 47.7 Å². The summed E-state index contributed by atoms with van der Waals surface area (Å²) in [6.45, 7) is 13.7. The fourth-order valence-corrected chi connectivity index (χ4v) is 21.2. The van der Waals surface area contributed by atoms with Crippen LogP contribution in [0.4, 0.5) is 11.6 Å². The number of ketones is 2. The lowest BCUT2D eigenvalue weighted by atomic mass is 9.84. The first-order chi connectivity index (χ1) is 56.0. The summed E-state index contributed by atoms with van der Waals surface area (Å²) in [5, 5.41) is 49.3. The summed E-state index contributed by atoms with van der Waals surface area (Å²) in [6.07, 6.45) is 8.31. The van der Waals surface area contributed by atoms with Crippen LogP contribution in [0.15, 0.2) is 118 Å². The van der Waals surface area contributed by atoms with Crippen molar-refractivity contribution >= 4 is 123 Å². The highest BCUT2D eigenvalue weighted by atomic mass is 32.2. The number of guanidine groups is 1. The van der Waals surface area contributed by atoms with Crippen LogP contribution < -0.4 is 43.5 Å². The molecule has 3 aromatic heterocycles. The van der Waals surface area contributed by atoms with E-state index in [1.54, 1.807) is 20.3 Å². The van der Waals surface area contributed by atoms with Crippen LogP contribution in [0.3, 0.4) is 0 Å². The van der Waals surface area contributed by atoms with Gasteiger partial charge in [-0.25, -0.2) is 33.0 Å². The number of hydrogen-bond donors (Lipinski definition) is 11. The van der Waals surface area contributed by atoms with Gasteiger partial charge in [-0.15, -0.1) is 0 Å². The highest BCUT2D eigenvalue weighted by molar-refractivity contribution is 8.00. The molecular weight excluding hydrogens is 1590 g/mol. The first kappa shape index (κ1) is 91.6. The number of sulfone groups is 1. The van der Waals surface area contributed by atoms with Crippen molar-refractivity contribution in [3.05, 3.63) is 142 Å². The number of aryl methyl sites for hydroxylation is 1. The van der Waals surface area contributed by atoms with Gasteiger partial charge >= 0.3 is 29.8 Å². The van der Waals surface area contributed by atoms with Crippen LogP contribution in [0, 0.1) is 41.9 Å². The number of benzene rings is 2. The number of carboxylic acid groups (broad SMARTS) is 3. The first-order valence-corrected chi connectivity index (χ1v) is 44.8. The number of allylic oxidation sites excluding steroid dienone is 4. The normalized spacial score (nSPS) is 23.2. The van der Waals surface area contributed by atoms with Gasteiger partial charge in [-0.1, -0.05) is 74.6 Å². The van der Waals surface area contributed by atoms with E-state index in [1.165, 1.54) is 30.5 Å². The zero-order valence-corrected chi connectivity index (χ0v) is 69.8. The van der Waals surface area contributed by atoms with Gasteiger partial charge < -0.3 is 80.6 Å². The molecule has 638 valence electrons. The average Bonchev–Trinajstić information content (AvgIpc) is 1.58. The summed E-state index contributed by atoms with van der Waals surface area (Å²) >= 11 is 0.949. The maximum absolute atomic E-state index is 14.5. The van der Waals surface area contributed by atoms with Gasteiger partial charge in [0.2, 0.25) is 20.2 Å². The third-order valence-corrected chi connectivity index (χ3v) is 28.3. The average molecular weight is 1690 g/mol. The van der Waals surface area contributed by atoms with Crippen molar-refractivity contribution < 1.29 is 99.4 Å². The van der Waals surface area contributed by atoms with Crippen LogP contribution in [-0.2, 0) is 82.8 Å². The van der Waals surface area contributed by atoms with E-state index in [4.69, 9.17) is 49.4 Å². The number of H-pyrrole nitrogens is 1. The molecule has 34 nitrogen and oxygen atoms in total. The van der Waals surface area contributed by atoms with E-state index < -0.39 is 193 Å². The second kappa shape index (κ2) is 41.9. The van der Waals surface area contributed by atoms with Gasteiger partial charge in [-0.05, 0) is 124 Å². The molecule has 16 atom stereocenters. The quantitative estimate of drug-likeness (QED) is 0.00293. The Hall–Kier alpha value is -10.3. The van der Waals surface area contributed by atoms with E-state index in [2.05, 4.69) is 46.2 Å². The number of epoxide rings is 2. The van der Waals surface area contributed by atoms with E-state index in [9.17, 15) is 71.7 Å². The molecule has 3 fully saturated rings. The Balaban J connectivity index is 0.819. The molecule has 0 spiro atoms. The Morgan fingerprint density at radius 2 is 1.63 bits per heavy atom. The van der Waals surface area contributed by atoms with Crippen molar-refractivity contribution in [1.29, 1.82) is 5.41 Å². The molecule has 4 aliphatic rings. The number of fused-ring (bicyclic) bond motifs is 5. The van der Waals surface area contributed by atoms with Gasteiger partial charge in [0.05, 0.1) is 66.6 Å². The van der Waals surface area contributed by atoms with Gasteiger partial charge in [0.25, 0.3) is 11.5 Å².